The number of halogens is 3. The van der Waals surface area contributed by atoms with Crippen LogP contribution in [0, 0.1) is 12.8 Å². The molecule has 10 heteroatoms. The number of piperidine rings is 1. The highest BCUT2D eigenvalue weighted by molar-refractivity contribution is 7.89. The highest BCUT2D eigenvalue weighted by Crippen LogP contribution is 2.36. The van der Waals surface area contributed by atoms with E-state index in [4.69, 9.17) is 4.74 Å². The Morgan fingerprint density at radius 3 is 2.33 bits per heavy atom. The number of likely N-dealkylation sites (N-methyl/N-ethyl adjacent to an activating group) is 1. The Morgan fingerprint density at radius 2 is 1.70 bits per heavy atom. The molecular weight excluding hydrogens is 457 g/mol. The number of carbonyl (C=O) groups is 1. The Morgan fingerprint density at radius 1 is 1.09 bits per heavy atom. The van der Waals surface area contributed by atoms with Crippen molar-refractivity contribution in [1.82, 2.24) is 9.21 Å². The molecule has 33 heavy (non-hydrogen) atoms. The second-order valence-electron chi connectivity index (χ2n) is 8.05. The van der Waals surface area contributed by atoms with Crippen LogP contribution in [0.15, 0.2) is 53.4 Å². The number of carbonyl (C=O) groups excluding carboxylic acids is 1. The van der Waals surface area contributed by atoms with E-state index in [1.165, 1.54) is 6.07 Å². The zero-order valence-electron chi connectivity index (χ0n) is 18.5. The van der Waals surface area contributed by atoms with Crippen LogP contribution in [0.3, 0.4) is 0 Å². The molecular formula is C23H27F3N2O4S. The summed E-state index contributed by atoms with van der Waals surface area (Å²) in [5, 5.41) is 0. The van der Waals surface area contributed by atoms with Crippen LogP contribution in [0.1, 0.15) is 24.0 Å². The third-order valence-electron chi connectivity index (χ3n) is 5.77. The zero-order chi connectivity index (χ0) is 24.2. The first-order chi connectivity index (χ1) is 15.5. The van der Waals surface area contributed by atoms with Gasteiger partial charge in [0.1, 0.15) is 12.4 Å². The summed E-state index contributed by atoms with van der Waals surface area (Å²) in [6, 6.07) is 11.7. The van der Waals surface area contributed by atoms with E-state index in [2.05, 4.69) is 0 Å². The van der Waals surface area contributed by atoms with Gasteiger partial charge in [-0.2, -0.15) is 17.5 Å². The number of hydrogen-bond donors (Lipinski definition) is 0. The Bertz CT molecular complexity index is 1080. The number of hydrogen-bond acceptors (Lipinski definition) is 4. The lowest BCUT2D eigenvalue weighted by Crippen LogP contribution is -2.44. The Kier molecular flexibility index (Phi) is 7.69. The predicted octanol–water partition coefficient (Wildman–Crippen LogP) is 3.95. The van der Waals surface area contributed by atoms with E-state index in [1.807, 2.05) is 31.2 Å². The highest BCUT2D eigenvalue weighted by atomic mass is 32.2. The molecule has 0 aliphatic carbocycles. The summed E-state index contributed by atoms with van der Waals surface area (Å²) in [6.07, 6.45) is -4.29. The van der Waals surface area contributed by atoms with Crippen LogP contribution in [0.4, 0.5) is 13.2 Å². The largest absolute Gasteiger partial charge is 0.491 e. The van der Waals surface area contributed by atoms with Crippen LogP contribution < -0.4 is 4.74 Å². The average molecular weight is 485 g/mol. The van der Waals surface area contributed by atoms with Gasteiger partial charge in [0.05, 0.1) is 17.0 Å². The van der Waals surface area contributed by atoms with Gasteiger partial charge in [-0.1, -0.05) is 30.3 Å². The minimum Gasteiger partial charge on any atom is -0.491 e. The molecule has 0 radical (unpaired) electrons. The number of sulfonamides is 1. The zero-order valence-corrected chi connectivity index (χ0v) is 19.3. The maximum Gasteiger partial charge on any atom is 0.417 e. The molecule has 0 spiro atoms. The number of para-hydroxylation sites is 1. The van der Waals surface area contributed by atoms with Crippen LogP contribution in [0.5, 0.6) is 5.75 Å². The summed E-state index contributed by atoms with van der Waals surface area (Å²) < 4.78 is 72.4. The van der Waals surface area contributed by atoms with Gasteiger partial charge < -0.3 is 9.64 Å². The molecule has 1 fully saturated rings. The highest BCUT2D eigenvalue weighted by Gasteiger charge is 2.40. The molecule has 0 aromatic heterocycles. The summed E-state index contributed by atoms with van der Waals surface area (Å²) in [5.74, 6) is 0.227. The minimum absolute atomic E-state index is 0.0154. The fourth-order valence-corrected chi connectivity index (χ4v) is 5.52. The number of nitrogens with zero attached hydrogens (tertiary/aromatic N) is 2. The predicted molar refractivity (Wildman–Crippen MR) is 117 cm³/mol. The number of ether oxygens (including phenoxy) is 1. The number of amides is 1. The molecule has 0 bridgehead atoms. The number of benzene rings is 2. The third kappa shape index (κ3) is 5.86. The van der Waals surface area contributed by atoms with E-state index < -0.39 is 32.6 Å². The molecule has 0 atom stereocenters. The van der Waals surface area contributed by atoms with Gasteiger partial charge in [-0.15, -0.1) is 0 Å². The molecule has 1 amide bonds. The Balaban J connectivity index is 1.57. The van der Waals surface area contributed by atoms with Crippen molar-refractivity contribution in [3.8, 4) is 5.75 Å². The van der Waals surface area contributed by atoms with Crippen molar-refractivity contribution in [1.29, 1.82) is 0 Å². The first-order valence-corrected chi connectivity index (χ1v) is 12.1. The van der Waals surface area contributed by atoms with Gasteiger partial charge >= 0.3 is 6.18 Å². The average Bonchev–Trinajstić information content (AvgIpc) is 2.79. The van der Waals surface area contributed by atoms with Gasteiger partial charge in [-0.25, -0.2) is 8.42 Å². The van der Waals surface area contributed by atoms with Crippen LogP contribution in [-0.4, -0.2) is 56.8 Å². The molecule has 0 N–H and O–H groups in total. The lowest BCUT2D eigenvalue weighted by molar-refractivity contribution is -0.140. The van der Waals surface area contributed by atoms with E-state index >= 15 is 0 Å². The molecule has 0 unspecified atom stereocenters. The fourth-order valence-electron chi connectivity index (χ4n) is 3.84. The van der Waals surface area contributed by atoms with E-state index in [1.54, 1.807) is 11.9 Å². The first kappa shape index (κ1) is 25.0. The van der Waals surface area contributed by atoms with Crippen molar-refractivity contribution >= 4 is 15.9 Å². The summed E-state index contributed by atoms with van der Waals surface area (Å²) in [6.45, 7) is 2.58. The van der Waals surface area contributed by atoms with Crippen LogP contribution >= 0.6 is 0 Å². The van der Waals surface area contributed by atoms with Gasteiger partial charge in [0, 0.05) is 26.1 Å². The molecule has 1 aliphatic rings. The van der Waals surface area contributed by atoms with Crippen molar-refractivity contribution < 1.29 is 31.1 Å². The van der Waals surface area contributed by atoms with Crippen molar-refractivity contribution in [2.24, 2.45) is 5.92 Å². The van der Waals surface area contributed by atoms with Gasteiger partial charge in [-0.05, 0) is 43.5 Å². The SMILES string of the molecule is Cc1ccccc1OCCN(C)C(=O)C1CCN(S(=O)(=O)c2ccccc2C(F)(F)F)CC1. The molecule has 1 heterocycles. The van der Waals surface area contributed by atoms with Gasteiger partial charge in [-0.3, -0.25) is 4.79 Å². The van der Waals surface area contributed by atoms with E-state index in [9.17, 15) is 26.4 Å². The smallest absolute Gasteiger partial charge is 0.417 e. The van der Waals surface area contributed by atoms with E-state index in [-0.39, 0.29) is 31.8 Å². The van der Waals surface area contributed by atoms with Crippen LogP contribution in [0.25, 0.3) is 0 Å². The van der Waals surface area contributed by atoms with Crippen molar-refractivity contribution in [2.75, 3.05) is 33.3 Å². The molecule has 6 nitrogen and oxygen atoms in total. The summed E-state index contributed by atoms with van der Waals surface area (Å²) >= 11 is 0. The summed E-state index contributed by atoms with van der Waals surface area (Å²) in [4.78, 5) is 13.6. The summed E-state index contributed by atoms with van der Waals surface area (Å²) in [7, 11) is -2.67. The van der Waals surface area contributed by atoms with Crippen molar-refractivity contribution in [2.45, 2.75) is 30.8 Å². The number of alkyl halides is 3. The van der Waals surface area contributed by atoms with Gasteiger partial charge in [0.15, 0.2) is 0 Å². The maximum atomic E-state index is 13.3. The van der Waals surface area contributed by atoms with Crippen molar-refractivity contribution in [3.05, 3.63) is 59.7 Å². The van der Waals surface area contributed by atoms with Crippen LogP contribution in [-0.2, 0) is 21.0 Å². The Labute approximate surface area is 192 Å². The maximum absolute atomic E-state index is 13.3. The number of aryl methyl sites for hydroxylation is 1. The molecule has 2 aromatic rings. The van der Waals surface area contributed by atoms with Crippen LogP contribution in [0.2, 0.25) is 0 Å². The normalized spacial score (nSPS) is 15.9. The molecule has 0 saturated carbocycles. The summed E-state index contributed by atoms with van der Waals surface area (Å²) in [5.41, 5.74) is -0.191. The second kappa shape index (κ2) is 10.1. The topological polar surface area (TPSA) is 66.9 Å². The molecule has 1 aliphatic heterocycles. The molecule has 2 aromatic carbocycles. The van der Waals surface area contributed by atoms with Crippen molar-refractivity contribution in [3.63, 3.8) is 0 Å². The molecule has 180 valence electrons. The lowest BCUT2D eigenvalue weighted by atomic mass is 9.97. The van der Waals surface area contributed by atoms with Gasteiger partial charge in [0.25, 0.3) is 0 Å². The third-order valence-corrected chi connectivity index (χ3v) is 7.72. The lowest BCUT2D eigenvalue weighted by Gasteiger charge is -2.33. The monoisotopic (exact) mass is 484 g/mol. The Hall–Kier alpha value is -2.59. The standard InChI is InChI=1S/C23H27F3N2O4S/c1-17-7-3-5-9-20(17)32-16-15-27(2)22(29)18-11-13-28(14-12-18)33(30,31)21-10-6-4-8-19(21)23(24,25)26/h3-10,18H,11-16H2,1-2H3. The second-order valence-corrected chi connectivity index (χ2v) is 9.95. The van der Waals surface area contributed by atoms with Gasteiger partial charge in [0.2, 0.25) is 15.9 Å². The number of rotatable bonds is 7. The van der Waals surface area contributed by atoms with E-state index in [0.29, 0.717) is 13.2 Å². The molecule has 3 rings (SSSR count). The molecule has 1 saturated heterocycles. The van der Waals surface area contributed by atoms with E-state index in [0.717, 1.165) is 33.8 Å². The quantitative estimate of drug-likeness (QED) is 0.597. The minimum atomic E-state index is -4.78. The first-order valence-electron chi connectivity index (χ1n) is 10.6. The fraction of sp³-hybridized carbons (Fsp3) is 0.435.